The second-order valence-corrected chi connectivity index (χ2v) is 6.11. The van der Waals surface area contributed by atoms with Crippen LogP contribution >= 0.6 is 11.6 Å². The number of halogens is 1. The molecular weight excluding hydrogens is 300 g/mol. The molecule has 0 spiro atoms. The predicted octanol–water partition coefficient (Wildman–Crippen LogP) is 2.22. The molecule has 0 fully saturated rings. The van der Waals surface area contributed by atoms with Crippen LogP contribution in [0.1, 0.15) is 5.69 Å². The second-order valence-electron chi connectivity index (χ2n) is 3.94. The van der Waals surface area contributed by atoms with Crippen LogP contribution < -0.4 is 9.46 Å². The number of methoxy groups -OCH3 is 1. The van der Waals surface area contributed by atoms with Crippen molar-refractivity contribution in [3.05, 3.63) is 53.3 Å². The Kier molecular flexibility index (Phi) is 4.59. The van der Waals surface area contributed by atoms with Crippen LogP contribution in [0.25, 0.3) is 0 Å². The summed E-state index contributed by atoms with van der Waals surface area (Å²) < 4.78 is 32.0. The van der Waals surface area contributed by atoms with Crippen molar-refractivity contribution in [1.29, 1.82) is 0 Å². The van der Waals surface area contributed by atoms with Crippen LogP contribution in [0.5, 0.6) is 5.75 Å². The number of ether oxygens (including phenoxy) is 1. The Labute approximate surface area is 122 Å². The van der Waals surface area contributed by atoms with E-state index in [1.807, 2.05) is 0 Å². The summed E-state index contributed by atoms with van der Waals surface area (Å²) in [4.78, 5) is 4.09. The molecule has 7 heteroatoms. The van der Waals surface area contributed by atoms with E-state index in [1.54, 1.807) is 24.4 Å². The maximum atomic E-state index is 12.2. The first-order valence-electron chi connectivity index (χ1n) is 5.76. The van der Waals surface area contributed by atoms with Gasteiger partial charge in [-0.25, -0.2) is 13.1 Å². The molecule has 2 aromatic rings. The van der Waals surface area contributed by atoms with Gasteiger partial charge in [-0.1, -0.05) is 17.7 Å². The Balaban J connectivity index is 2.22. The van der Waals surface area contributed by atoms with E-state index in [2.05, 4.69) is 9.71 Å². The summed E-state index contributed by atoms with van der Waals surface area (Å²) in [5.74, 6) is 0.200. The number of pyridine rings is 1. The Bertz CT molecular complexity index is 690. The van der Waals surface area contributed by atoms with Gasteiger partial charge in [0.15, 0.2) is 0 Å². The van der Waals surface area contributed by atoms with Gasteiger partial charge in [-0.2, -0.15) is 0 Å². The lowest BCUT2D eigenvalue weighted by Crippen LogP contribution is -2.24. The van der Waals surface area contributed by atoms with Crippen LogP contribution in [0.2, 0.25) is 5.02 Å². The Morgan fingerprint density at radius 1 is 1.30 bits per heavy atom. The normalized spacial score (nSPS) is 11.3. The van der Waals surface area contributed by atoms with Crippen LogP contribution in [0.3, 0.4) is 0 Å². The lowest BCUT2D eigenvalue weighted by molar-refractivity contribution is 0.402. The average molecular weight is 313 g/mol. The third-order valence-electron chi connectivity index (χ3n) is 2.58. The SMILES string of the molecule is COc1cc(Cl)ccc1S(=O)(=O)NCc1ccccn1. The first-order chi connectivity index (χ1) is 9.53. The first-order valence-corrected chi connectivity index (χ1v) is 7.62. The molecule has 0 amide bonds. The maximum Gasteiger partial charge on any atom is 0.244 e. The number of hydrogen-bond acceptors (Lipinski definition) is 4. The molecule has 1 N–H and O–H groups in total. The minimum absolute atomic E-state index is 0.0420. The van der Waals surface area contributed by atoms with Crippen molar-refractivity contribution in [2.24, 2.45) is 0 Å². The van der Waals surface area contributed by atoms with Crippen molar-refractivity contribution in [3.8, 4) is 5.75 Å². The minimum atomic E-state index is -3.69. The number of sulfonamides is 1. The molecule has 0 aliphatic heterocycles. The standard InChI is InChI=1S/C13H13ClN2O3S/c1-19-12-8-10(14)5-6-13(12)20(17,18)16-9-11-4-2-3-7-15-11/h2-8,16H,9H2,1H3. The summed E-state index contributed by atoms with van der Waals surface area (Å²) in [6, 6.07) is 9.65. The van der Waals surface area contributed by atoms with Gasteiger partial charge in [0.1, 0.15) is 10.6 Å². The molecule has 2 rings (SSSR count). The van der Waals surface area contributed by atoms with Gasteiger partial charge in [-0.3, -0.25) is 4.98 Å². The quantitative estimate of drug-likeness (QED) is 0.919. The van der Waals surface area contributed by atoms with E-state index in [-0.39, 0.29) is 17.2 Å². The summed E-state index contributed by atoms with van der Waals surface area (Å²) in [5, 5.41) is 0.408. The zero-order valence-electron chi connectivity index (χ0n) is 10.7. The molecule has 0 atom stereocenters. The molecule has 0 saturated carbocycles. The van der Waals surface area contributed by atoms with E-state index < -0.39 is 10.0 Å². The summed E-state index contributed by atoms with van der Waals surface area (Å²) in [6.45, 7) is 0.106. The summed E-state index contributed by atoms with van der Waals surface area (Å²) in [5.41, 5.74) is 0.629. The fourth-order valence-electron chi connectivity index (χ4n) is 1.61. The predicted molar refractivity (Wildman–Crippen MR) is 76.3 cm³/mol. The van der Waals surface area contributed by atoms with Crippen molar-refractivity contribution in [2.45, 2.75) is 11.4 Å². The number of aromatic nitrogens is 1. The van der Waals surface area contributed by atoms with Crippen molar-refractivity contribution in [1.82, 2.24) is 9.71 Å². The summed E-state index contributed by atoms with van der Waals surface area (Å²) >= 11 is 5.81. The van der Waals surface area contributed by atoms with E-state index in [9.17, 15) is 8.42 Å². The van der Waals surface area contributed by atoms with Crippen molar-refractivity contribution < 1.29 is 13.2 Å². The Morgan fingerprint density at radius 2 is 2.10 bits per heavy atom. The van der Waals surface area contributed by atoms with E-state index >= 15 is 0 Å². The van der Waals surface area contributed by atoms with Gasteiger partial charge >= 0.3 is 0 Å². The van der Waals surface area contributed by atoms with Gasteiger partial charge in [-0.15, -0.1) is 0 Å². The van der Waals surface area contributed by atoms with E-state index in [1.165, 1.54) is 25.3 Å². The fourth-order valence-corrected chi connectivity index (χ4v) is 2.92. The zero-order chi connectivity index (χ0) is 14.6. The Hall–Kier alpha value is -1.63. The third kappa shape index (κ3) is 3.47. The highest BCUT2D eigenvalue weighted by Crippen LogP contribution is 2.27. The van der Waals surface area contributed by atoms with Gasteiger partial charge in [0.25, 0.3) is 0 Å². The molecule has 5 nitrogen and oxygen atoms in total. The van der Waals surface area contributed by atoms with E-state index in [0.29, 0.717) is 10.7 Å². The minimum Gasteiger partial charge on any atom is -0.495 e. The highest BCUT2D eigenvalue weighted by atomic mass is 35.5. The lowest BCUT2D eigenvalue weighted by Gasteiger charge is -2.10. The highest BCUT2D eigenvalue weighted by molar-refractivity contribution is 7.89. The molecule has 1 heterocycles. The average Bonchev–Trinajstić information content (AvgIpc) is 2.46. The van der Waals surface area contributed by atoms with Crippen LogP contribution in [0.4, 0.5) is 0 Å². The fraction of sp³-hybridized carbons (Fsp3) is 0.154. The van der Waals surface area contributed by atoms with E-state index in [0.717, 1.165) is 0 Å². The summed E-state index contributed by atoms with van der Waals surface area (Å²) in [6.07, 6.45) is 1.60. The largest absolute Gasteiger partial charge is 0.495 e. The number of nitrogens with zero attached hydrogens (tertiary/aromatic N) is 1. The van der Waals surface area contributed by atoms with Crippen LogP contribution in [0.15, 0.2) is 47.5 Å². The number of benzene rings is 1. The molecule has 0 aliphatic rings. The second kappa shape index (κ2) is 6.21. The molecule has 20 heavy (non-hydrogen) atoms. The molecule has 1 aromatic heterocycles. The summed E-state index contributed by atoms with van der Waals surface area (Å²) in [7, 11) is -2.30. The monoisotopic (exact) mass is 312 g/mol. The third-order valence-corrected chi connectivity index (χ3v) is 4.26. The molecule has 0 radical (unpaired) electrons. The van der Waals surface area contributed by atoms with Gasteiger partial charge in [0.05, 0.1) is 19.3 Å². The van der Waals surface area contributed by atoms with Crippen LogP contribution in [0, 0.1) is 0 Å². The number of hydrogen-bond donors (Lipinski definition) is 1. The topological polar surface area (TPSA) is 68.3 Å². The molecular formula is C13H13ClN2O3S. The van der Waals surface area contributed by atoms with Crippen LogP contribution in [-0.4, -0.2) is 20.5 Å². The van der Waals surface area contributed by atoms with E-state index in [4.69, 9.17) is 16.3 Å². The number of nitrogens with one attached hydrogen (secondary N) is 1. The molecule has 0 bridgehead atoms. The zero-order valence-corrected chi connectivity index (χ0v) is 12.3. The van der Waals surface area contributed by atoms with Crippen molar-refractivity contribution in [3.63, 3.8) is 0 Å². The highest BCUT2D eigenvalue weighted by Gasteiger charge is 2.19. The molecule has 106 valence electrons. The van der Waals surface area contributed by atoms with Gasteiger partial charge < -0.3 is 4.74 Å². The van der Waals surface area contributed by atoms with Crippen LogP contribution in [-0.2, 0) is 16.6 Å². The molecule has 0 saturated heterocycles. The van der Waals surface area contributed by atoms with Gasteiger partial charge in [0, 0.05) is 17.3 Å². The molecule has 0 unspecified atom stereocenters. The van der Waals surface area contributed by atoms with Crippen molar-refractivity contribution >= 4 is 21.6 Å². The maximum absolute atomic E-state index is 12.2. The lowest BCUT2D eigenvalue weighted by atomic mass is 10.3. The van der Waals surface area contributed by atoms with Crippen molar-refractivity contribution in [2.75, 3.05) is 7.11 Å². The van der Waals surface area contributed by atoms with Gasteiger partial charge in [0.2, 0.25) is 10.0 Å². The van der Waals surface area contributed by atoms with Gasteiger partial charge in [-0.05, 0) is 24.3 Å². The Morgan fingerprint density at radius 3 is 2.75 bits per heavy atom. The number of rotatable bonds is 5. The molecule has 0 aliphatic carbocycles. The smallest absolute Gasteiger partial charge is 0.244 e. The molecule has 1 aromatic carbocycles. The first kappa shape index (κ1) is 14.8.